The normalized spacial score (nSPS) is 11.7. The molecule has 150 valence electrons. The summed E-state index contributed by atoms with van der Waals surface area (Å²) < 4.78 is 2.00. The molecule has 0 saturated heterocycles. The van der Waals surface area contributed by atoms with Gasteiger partial charge < -0.3 is 4.57 Å². The molecule has 0 aliphatic rings. The maximum absolute atomic E-state index is 12.8. The van der Waals surface area contributed by atoms with E-state index in [1.165, 1.54) is 22.5 Å². The van der Waals surface area contributed by atoms with Gasteiger partial charge in [0, 0.05) is 17.6 Å². The topological polar surface area (TPSA) is 34.4 Å². The summed E-state index contributed by atoms with van der Waals surface area (Å²) in [7, 11) is 1.96. The molecule has 0 N–H and O–H groups in total. The van der Waals surface area contributed by atoms with Gasteiger partial charge in [0.1, 0.15) is 0 Å². The average Bonchev–Trinajstić information content (AvgIpc) is 3.07. The Bertz CT molecular complexity index is 1290. The number of rotatable bonds is 3. The molecule has 0 aliphatic heterocycles. The first-order valence-electron chi connectivity index (χ1n) is 9.61. The molecule has 5 heteroatoms. The smallest absolute Gasteiger partial charge is 0.279 e. The van der Waals surface area contributed by atoms with Gasteiger partial charge in [-0.3, -0.25) is 4.79 Å². The number of halogens is 1. The van der Waals surface area contributed by atoms with Crippen LogP contribution in [0.3, 0.4) is 0 Å². The van der Waals surface area contributed by atoms with Gasteiger partial charge in [-0.2, -0.15) is 4.99 Å². The van der Waals surface area contributed by atoms with E-state index >= 15 is 0 Å². The van der Waals surface area contributed by atoms with Crippen molar-refractivity contribution in [1.29, 1.82) is 0 Å². The van der Waals surface area contributed by atoms with Gasteiger partial charge in [-0.15, -0.1) is 0 Å². The Hall–Kier alpha value is -2.95. The number of nitrogens with zero attached hydrogens (tertiary/aromatic N) is 2. The Balaban J connectivity index is 1.91. The number of carbonyl (C=O) groups excluding carboxylic acids is 1. The lowest BCUT2D eigenvalue weighted by Crippen LogP contribution is -2.14. The first-order valence-corrected chi connectivity index (χ1v) is 10.8. The van der Waals surface area contributed by atoms with Crippen LogP contribution in [0, 0.1) is 13.8 Å². The highest BCUT2D eigenvalue weighted by Gasteiger charge is 2.16. The molecule has 0 unspecified atom stereocenters. The number of benzene rings is 3. The van der Waals surface area contributed by atoms with Crippen LogP contribution < -0.4 is 4.80 Å². The summed E-state index contributed by atoms with van der Waals surface area (Å²) >= 11 is 7.46. The zero-order chi connectivity index (χ0) is 21.3. The van der Waals surface area contributed by atoms with E-state index in [0.717, 1.165) is 21.7 Å². The van der Waals surface area contributed by atoms with Crippen molar-refractivity contribution in [2.45, 2.75) is 13.8 Å². The van der Waals surface area contributed by atoms with Crippen LogP contribution in [0.5, 0.6) is 0 Å². The van der Waals surface area contributed by atoms with E-state index in [9.17, 15) is 4.79 Å². The Labute approximate surface area is 184 Å². The van der Waals surface area contributed by atoms with Crippen LogP contribution in [-0.4, -0.2) is 10.5 Å². The lowest BCUT2D eigenvalue weighted by molar-refractivity contribution is 0.0998. The van der Waals surface area contributed by atoms with Crippen LogP contribution in [0.15, 0.2) is 77.8 Å². The van der Waals surface area contributed by atoms with Gasteiger partial charge in [-0.05, 0) is 66.4 Å². The van der Waals surface area contributed by atoms with E-state index in [4.69, 9.17) is 11.6 Å². The maximum Gasteiger partial charge on any atom is 0.279 e. The number of thiazole rings is 1. The van der Waals surface area contributed by atoms with Crippen LogP contribution in [0.25, 0.3) is 21.7 Å². The standard InChI is InChI=1S/C25H21ClN2OS/c1-16-9-10-20(15-17(16)2)22-23(18-7-5-4-6-8-18)30-25(28(22)3)27-24(29)19-11-13-21(26)14-12-19/h4-15H,1-3H3. The van der Waals surface area contributed by atoms with Crippen molar-refractivity contribution in [3.05, 3.63) is 99.3 Å². The molecule has 1 amide bonds. The van der Waals surface area contributed by atoms with Crippen molar-refractivity contribution >= 4 is 28.8 Å². The van der Waals surface area contributed by atoms with Crippen LogP contribution in [-0.2, 0) is 7.05 Å². The van der Waals surface area contributed by atoms with Gasteiger partial charge in [0.05, 0.1) is 10.6 Å². The van der Waals surface area contributed by atoms with Crippen LogP contribution in [0.4, 0.5) is 0 Å². The highest BCUT2D eigenvalue weighted by atomic mass is 35.5. The van der Waals surface area contributed by atoms with Crippen LogP contribution in [0.2, 0.25) is 5.02 Å². The maximum atomic E-state index is 12.8. The number of hydrogen-bond acceptors (Lipinski definition) is 2. The summed E-state index contributed by atoms with van der Waals surface area (Å²) in [6.45, 7) is 4.22. The van der Waals surface area contributed by atoms with Gasteiger partial charge in [-0.25, -0.2) is 0 Å². The van der Waals surface area contributed by atoms with Crippen molar-refractivity contribution in [2.75, 3.05) is 0 Å². The Morgan fingerprint density at radius 2 is 1.60 bits per heavy atom. The molecular formula is C25H21ClN2OS. The van der Waals surface area contributed by atoms with E-state index in [2.05, 4.69) is 49.2 Å². The summed E-state index contributed by atoms with van der Waals surface area (Å²) in [5.41, 5.74) is 6.26. The fraction of sp³-hybridized carbons (Fsp3) is 0.120. The second-order valence-corrected chi connectivity index (χ2v) is 8.62. The van der Waals surface area contributed by atoms with Gasteiger partial charge in [0.15, 0.2) is 4.80 Å². The fourth-order valence-corrected chi connectivity index (χ4v) is 4.57. The summed E-state index contributed by atoms with van der Waals surface area (Å²) in [6.07, 6.45) is 0. The number of aromatic nitrogens is 1. The predicted molar refractivity (Wildman–Crippen MR) is 125 cm³/mol. The van der Waals surface area contributed by atoms with Crippen molar-refractivity contribution < 1.29 is 4.79 Å². The van der Waals surface area contributed by atoms with E-state index in [1.807, 2.05) is 29.8 Å². The molecule has 1 heterocycles. The first kappa shape index (κ1) is 20.3. The third-order valence-corrected chi connectivity index (χ3v) is 6.57. The van der Waals surface area contributed by atoms with Crippen LogP contribution in [0.1, 0.15) is 21.5 Å². The third-order valence-electron chi connectivity index (χ3n) is 5.14. The third kappa shape index (κ3) is 4.02. The number of aryl methyl sites for hydroxylation is 2. The molecule has 1 aromatic heterocycles. The van der Waals surface area contributed by atoms with Gasteiger partial charge in [0.25, 0.3) is 5.91 Å². The SMILES string of the molecule is Cc1ccc(-c2c(-c3ccccc3)sc(=NC(=O)c3ccc(Cl)cc3)n2C)cc1C. The molecule has 0 fully saturated rings. The average molecular weight is 433 g/mol. The molecule has 3 aromatic carbocycles. The molecule has 0 bridgehead atoms. The quantitative estimate of drug-likeness (QED) is 0.367. The second kappa shape index (κ2) is 8.42. The zero-order valence-corrected chi connectivity index (χ0v) is 18.6. The molecule has 0 saturated carbocycles. The summed E-state index contributed by atoms with van der Waals surface area (Å²) in [4.78, 5) is 18.9. The van der Waals surface area contributed by atoms with Gasteiger partial charge >= 0.3 is 0 Å². The summed E-state index contributed by atoms with van der Waals surface area (Å²) in [5, 5.41) is 0.594. The molecule has 0 atom stereocenters. The highest BCUT2D eigenvalue weighted by Crippen LogP contribution is 2.35. The summed E-state index contributed by atoms with van der Waals surface area (Å²) in [6, 6.07) is 23.5. The molecule has 3 nitrogen and oxygen atoms in total. The number of amides is 1. The van der Waals surface area contributed by atoms with Crippen molar-refractivity contribution in [2.24, 2.45) is 12.0 Å². The van der Waals surface area contributed by atoms with Crippen LogP contribution >= 0.6 is 22.9 Å². The highest BCUT2D eigenvalue weighted by molar-refractivity contribution is 7.13. The fourth-order valence-electron chi connectivity index (χ4n) is 3.30. The van der Waals surface area contributed by atoms with E-state index in [-0.39, 0.29) is 5.91 Å². The van der Waals surface area contributed by atoms with Crippen molar-refractivity contribution in [3.8, 4) is 21.7 Å². The van der Waals surface area contributed by atoms with E-state index < -0.39 is 0 Å². The molecule has 0 aliphatic carbocycles. The lowest BCUT2D eigenvalue weighted by Gasteiger charge is -2.09. The summed E-state index contributed by atoms with van der Waals surface area (Å²) in [5.74, 6) is -0.283. The monoisotopic (exact) mass is 432 g/mol. The molecule has 4 rings (SSSR count). The number of carbonyl (C=O) groups is 1. The minimum Gasteiger partial charge on any atom is -0.319 e. The van der Waals surface area contributed by atoms with E-state index in [0.29, 0.717) is 15.4 Å². The number of hydrogen-bond donors (Lipinski definition) is 0. The lowest BCUT2D eigenvalue weighted by atomic mass is 10.0. The minimum absolute atomic E-state index is 0.283. The second-order valence-electron chi connectivity index (χ2n) is 7.21. The molecule has 4 aromatic rings. The predicted octanol–water partition coefficient (Wildman–Crippen LogP) is 6.43. The largest absolute Gasteiger partial charge is 0.319 e. The Morgan fingerprint density at radius 3 is 2.27 bits per heavy atom. The molecule has 0 radical (unpaired) electrons. The molecular weight excluding hydrogens is 412 g/mol. The van der Waals surface area contributed by atoms with Gasteiger partial charge in [0.2, 0.25) is 0 Å². The van der Waals surface area contributed by atoms with E-state index in [1.54, 1.807) is 24.3 Å². The molecule has 30 heavy (non-hydrogen) atoms. The minimum atomic E-state index is -0.283. The molecule has 0 spiro atoms. The zero-order valence-electron chi connectivity index (χ0n) is 17.0. The Kier molecular flexibility index (Phi) is 5.71. The Morgan fingerprint density at radius 1 is 0.900 bits per heavy atom. The van der Waals surface area contributed by atoms with Gasteiger partial charge in [-0.1, -0.05) is 65.4 Å². The van der Waals surface area contributed by atoms with Crippen molar-refractivity contribution in [1.82, 2.24) is 4.57 Å². The van der Waals surface area contributed by atoms with Crippen molar-refractivity contribution in [3.63, 3.8) is 0 Å². The first-order chi connectivity index (χ1) is 14.4.